The van der Waals surface area contributed by atoms with Gasteiger partial charge in [0.1, 0.15) is 5.75 Å². The van der Waals surface area contributed by atoms with E-state index in [9.17, 15) is 14.9 Å². The Morgan fingerprint density at radius 2 is 2.32 bits per heavy atom. The minimum atomic E-state index is -0.498. The summed E-state index contributed by atoms with van der Waals surface area (Å²) in [5.74, 6) is 0.802. The van der Waals surface area contributed by atoms with Crippen LogP contribution in [0.15, 0.2) is 18.2 Å². The molecular formula is C12H13ClN2O4. The Kier molecular flexibility index (Phi) is 3.90. The van der Waals surface area contributed by atoms with E-state index in [-0.39, 0.29) is 17.5 Å². The van der Waals surface area contributed by atoms with E-state index in [1.807, 2.05) is 0 Å². The Morgan fingerprint density at radius 3 is 2.84 bits per heavy atom. The lowest BCUT2D eigenvalue weighted by Crippen LogP contribution is -2.25. The summed E-state index contributed by atoms with van der Waals surface area (Å²) in [6, 6.07) is 4.20. The Morgan fingerprint density at radius 1 is 1.58 bits per heavy atom. The van der Waals surface area contributed by atoms with Crippen molar-refractivity contribution >= 4 is 28.9 Å². The number of carbonyl (C=O) groups is 1. The molecule has 1 aromatic rings. The van der Waals surface area contributed by atoms with Crippen LogP contribution in [0, 0.1) is 16.0 Å². The fourth-order valence-electron chi connectivity index (χ4n) is 2.12. The van der Waals surface area contributed by atoms with Crippen LogP contribution < -0.4 is 9.64 Å². The molecular weight excluding hydrogens is 272 g/mol. The molecule has 6 nitrogen and oxygen atoms in total. The molecule has 1 fully saturated rings. The van der Waals surface area contributed by atoms with Crippen LogP contribution in [0.2, 0.25) is 0 Å². The van der Waals surface area contributed by atoms with Gasteiger partial charge in [-0.05, 0) is 12.0 Å². The van der Waals surface area contributed by atoms with E-state index in [1.54, 1.807) is 0 Å². The van der Waals surface area contributed by atoms with Crippen LogP contribution in [0.25, 0.3) is 0 Å². The number of methoxy groups -OCH3 is 1. The summed E-state index contributed by atoms with van der Waals surface area (Å²) in [6.07, 6.45) is 0.356. The van der Waals surface area contributed by atoms with Crippen LogP contribution in [0.1, 0.15) is 6.42 Å². The monoisotopic (exact) mass is 284 g/mol. The number of ether oxygens (including phenoxy) is 1. The quantitative estimate of drug-likeness (QED) is 0.483. The molecule has 7 heteroatoms. The summed E-state index contributed by atoms with van der Waals surface area (Å²) in [6.45, 7) is 0.458. The first-order valence-electron chi connectivity index (χ1n) is 5.75. The topological polar surface area (TPSA) is 72.7 Å². The fourth-order valence-corrected chi connectivity index (χ4v) is 2.33. The number of hydrogen-bond acceptors (Lipinski definition) is 4. The molecule has 0 spiro atoms. The Hall–Kier alpha value is -1.82. The number of carbonyl (C=O) groups excluding carboxylic acids is 1. The summed E-state index contributed by atoms with van der Waals surface area (Å²) >= 11 is 5.76. The minimum Gasteiger partial charge on any atom is -0.495 e. The van der Waals surface area contributed by atoms with E-state index in [2.05, 4.69) is 0 Å². The number of alkyl halides is 1. The molecule has 1 aromatic carbocycles. The number of non-ortho nitro benzene ring substituents is 1. The van der Waals surface area contributed by atoms with Crippen molar-refractivity contribution in [2.45, 2.75) is 6.42 Å². The van der Waals surface area contributed by atoms with Crippen LogP contribution in [-0.2, 0) is 4.79 Å². The summed E-state index contributed by atoms with van der Waals surface area (Å²) in [5.41, 5.74) is 0.354. The van der Waals surface area contributed by atoms with Crippen LogP contribution in [-0.4, -0.2) is 30.4 Å². The Bertz CT molecular complexity index is 520. The number of benzene rings is 1. The largest absolute Gasteiger partial charge is 0.495 e. The van der Waals surface area contributed by atoms with Crippen molar-refractivity contribution in [3.63, 3.8) is 0 Å². The second-order valence-corrected chi connectivity index (χ2v) is 4.65. The lowest BCUT2D eigenvalue weighted by Gasteiger charge is -2.19. The van der Waals surface area contributed by atoms with Crippen molar-refractivity contribution in [3.8, 4) is 5.75 Å². The maximum atomic E-state index is 11.9. The number of halogens is 1. The number of rotatable bonds is 4. The maximum absolute atomic E-state index is 11.9. The summed E-state index contributed by atoms with van der Waals surface area (Å²) in [4.78, 5) is 23.7. The Labute approximate surface area is 115 Å². The standard InChI is InChI=1S/C12H13ClN2O4/c1-19-11-3-2-9(15(17)18)5-10(11)14-7-8(6-13)4-12(14)16/h2-3,5,8H,4,6-7H2,1H3. The summed E-state index contributed by atoms with van der Waals surface area (Å²) in [5, 5.41) is 10.8. The van der Waals surface area contributed by atoms with E-state index in [0.717, 1.165) is 0 Å². The van der Waals surface area contributed by atoms with Gasteiger partial charge in [-0.2, -0.15) is 0 Å². The first kappa shape index (κ1) is 13.6. The highest BCUT2D eigenvalue weighted by molar-refractivity contribution is 6.18. The van der Waals surface area contributed by atoms with Crippen LogP contribution >= 0.6 is 11.6 Å². The highest BCUT2D eigenvalue weighted by Gasteiger charge is 2.32. The molecule has 0 N–H and O–H groups in total. The molecule has 0 radical (unpaired) electrons. The average Bonchev–Trinajstić information content (AvgIpc) is 2.79. The van der Waals surface area contributed by atoms with Crippen LogP contribution in [0.3, 0.4) is 0 Å². The molecule has 19 heavy (non-hydrogen) atoms. The van der Waals surface area contributed by atoms with Gasteiger partial charge < -0.3 is 9.64 Å². The molecule has 0 saturated carbocycles. The molecule has 2 rings (SSSR count). The SMILES string of the molecule is COc1ccc([N+](=O)[O-])cc1N1CC(CCl)CC1=O. The number of anilines is 1. The molecule has 1 saturated heterocycles. The third-order valence-corrected chi connectivity index (χ3v) is 3.52. The number of nitrogens with zero attached hydrogens (tertiary/aromatic N) is 2. The van der Waals surface area contributed by atoms with Crippen molar-refractivity contribution < 1.29 is 14.5 Å². The molecule has 1 amide bonds. The number of amides is 1. The van der Waals surface area contributed by atoms with Crippen molar-refractivity contribution in [1.29, 1.82) is 0 Å². The van der Waals surface area contributed by atoms with Crippen LogP contribution in [0.4, 0.5) is 11.4 Å². The molecule has 0 aliphatic carbocycles. The normalized spacial score (nSPS) is 18.7. The molecule has 1 atom stereocenters. The number of nitro benzene ring substituents is 1. The second-order valence-electron chi connectivity index (χ2n) is 4.34. The Balaban J connectivity index is 2.39. The van der Waals surface area contributed by atoms with E-state index in [4.69, 9.17) is 16.3 Å². The predicted molar refractivity (Wildman–Crippen MR) is 70.8 cm³/mol. The van der Waals surface area contributed by atoms with Crippen molar-refractivity contribution in [2.75, 3.05) is 24.4 Å². The van der Waals surface area contributed by atoms with Gasteiger partial charge in [0.25, 0.3) is 5.69 Å². The van der Waals surface area contributed by atoms with Gasteiger partial charge in [0.2, 0.25) is 5.91 Å². The molecule has 1 heterocycles. The van der Waals surface area contributed by atoms with Crippen LogP contribution in [0.5, 0.6) is 5.75 Å². The number of nitro groups is 1. The zero-order chi connectivity index (χ0) is 14.0. The van der Waals surface area contributed by atoms with Gasteiger partial charge in [0.05, 0.1) is 17.7 Å². The zero-order valence-electron chi connectivity index (χ0n) is 10.3. The van der Waals surface area contributed by atoms with E-state index >= 15 is 0 Å². The molecule has 0 aromatic heterocycles. The first-order chi connectivity index (χ1) is 9.06. The third-order valence-electron chi connectivity index (χ3n) is 3.09. The third kappa shape index (κ3) is 2.63. The molecule has 0 bridgehead atoms. The van der Waals surface area contributed by atoms with Gasteiger partial charge in [-0.1, -0.05) is 0 Å². The van der Waals surface area contributed by atoms with Gasteiger partial charge in [-0.15, -0.1) is 11.6 Å². The van der Waals surface area contributed by atoms with E-state index in [0.29, 0.717) is 30.3 Å². The molecule has 102 valence electrons. The summed E-state index contributed by atoms with van der Waals surface area (Å²) < 4.78 is 5.16. The zero-order valence-corrected chi connectivity index (χ0v) is 11.1. The lowest BCUT2D eigenvalue weighted by molar-refractivity contribution is -0.384. The van der Waals surface area contributed by atoms with Crippen molar-refractivity contribution in [3.05, 3.63) is 28.3 Å². The maximum Gasteiger partial charge on any atom is 0.271 e. The molecule has 1 unspecified atom stereocenters. The van der Waals surface area contributed by atoms with Crippen molar-refractivity contribution in [2.24, 2.45) is 5.92 Å². The lowest BCUT2D eigenvalue weighted by atomic mass is 10.1. The number of hydrogen-bond donors (Lipinski definition) is 0. The highest BCUT2D eigenvalue weighted by Crippen LogP contribution is 2.36. The van der Waals surface area contributed by atoms with Gasteiger partial charge in [-0.3, -0.25) is 14.9 Å². The molecule has 1 aliphatic heterocycles. The smallest absolute Gasteiger partial charge is 0.271 e. The van der Waals surface area contributed by atoms with E-state index < -0.39 is 4.92 Å². The second kappa shape index (κ2) is 5.44. The van der Waals surface area contributed by atoms with Crippen molar-refractivity contribution in [1.82, 2.24) is 0 Å². The predicted octanol–water partition coefficient (Wildman–Crippen LogP) is 2.20. The van der Waals surface area contributed by atoms with Gasteiger partial charge in [0, 0.05) is 31.0 Å². The van der Waals surface area contributed by atoms with Gasteiger partial charge in [0.15, 0.2) is 0 Å². The van der Waals surface area contributed by atoms with Gasteiger partial charge in [-0.25, -0.2) is 0 Å². The molecule has 1 aliphatic rings. The van der Waals surface area contributed by atoms with E-state index in [1.165, 1.54) is 30.2 Å². The van der Waals surface area contributed by atoms with Gasteiger partial charge >= 0.3 is 0 Å². The fraction of sp³-hybridized carbons (Fsp3) is 0.417. The first-order valence-corrected chi connectivity index (χ1v) is 6.29. The average molecular weight is 285 g/mol. The summed E-state index contributed by atoms with van der Waals surface area (Å²) in [7, 11) is 1.46. The minimum absolute atomic E-state index is 0.0677. The highest BCUT2D eigenvalue weighted by atomic mass is 35.5.